The number of rotatable bonds is 11. The first-order valence-corrected chi connectivity index (χ1v) is 16.5. The molecule has 1 saturated carbocycles. The molecule has 2 aliphatic heterocycles. The van der Waals surface area contributed by atoms with Crippen molar-refractivity contribution in [2.75, 3.05) is 58.8 Å². The van der Waals surface area contributed by atoms with Gasteiger partial charge in [-0.25, -0.2) is 13.4 Å². The van der Waals surface area contributed by atoms with Gasteiger partial charge >= 0.3 is 0 Å². The highest BCUT2D eigenvalue weighted by Crippen LogP contribution is 2.33. The Balaban J connectivity index is 1.23. The maximum atomic E-state index is 13.4. The Morgan fingerprint density at radius 3 is 2.60 bits per heavy atom. The normalized spacial score (nSPS) is 22.0. The van der Waals surface area contributed by atoms with Crippen LogP contribution in [0.1, 0.15) is 36.6 Å². The van der Waals surface area contributed by atoms with Crippen LogP contribution in [0, 0.1) is 0 Å². The molecule has 2 saturated heterocycles. The zero-order valence-electron chi connectivity index (χ0n) is 24.2. The monoisotopic (exact) mass is 618 g/mol. The predicted molar refractivity (Wildman–Crippen MR) is 159 cm³/mol. The van der Waals surface area contributed by atoms with E-state index in [9.17, 15) is 18.0 Å². The average molecular weight is 619 g/mol. The van der Waals surface area contributed by atoms with Gasteiger partial charge in [-0.3, -0.25) is 19.8 Å². The number of nitrogens with one attached hydrogen (secondary N) is 1. The summed E-state index contributed by atoms with van der Waals surface area (Å²) in [6, 6.07) is 6.30. The highest BCUT2D eigenvalue weighted by Gasteiger charge is 2.37. The standard InChI is InChI=1S/C28H38N6O6S2/c1-19-15-33(11-12-34(19)25(35)17-32(2)3)16-22-14-29-28(41-22)30-27(36)26(31-40-21-10-13-39-18-21)20-4-6-23(7-5-20)42(37,38)24-8-9-24/h4-7,14,19,21,24H,8-13,15-18H2,1-3H3,(H,29,30,36)/t19-,21+/m0/s1. The van der Waals surface area contributed by atoms with Crippen LogP contribution in [0.25, 0.3) is 0 Å². The van der Waals surface area contributed by atoms with E-state index in [0.717, 1.165) is 18.0 Å². The Labute approximate surface area is 250 Å². The molecule has 0 radical (unpaired) electrons. The summed E-state index contributed by atoms with van der Waals surface area (Å²) in [4.78, 5) is 43.2. The van der Waals surface area contributed by atoms with Crippen LogP contribution >= 0.6 is 11.3 Å². The molecule has 42 heavy (non-hydrogen) atoms. The van der Waals surface area contributed by atoms with Gasteiger partial charge in [-0.2, -0.15) is 0 Å². The van der Waals surface area contributed by atoms with E-state index in [2.05, 4.69) is 27.3 Å². The number of aromatic nitrogens is 1. The van der Waals surface area contributed by atoms with Gasteiger partial charge in [0.25, 0.3) is 5.91 Å². The smallest absolute Gasteiger partial charge is 0.280 e. The van der Waals surface area contributed by atoms with Crippen LogP contribution < -0.4 is 5.32 Å². The van der Waals surface area contributed by atoms with Crippen molar-refractivity contribution >= 4 is 43.8 Å². The third-order valence-corrected chi connectivity index (χ3v) is 10.6. The summed E-state index contributed by atoms with van der Waals surface area (Å²) in [5.74, 6) is -0.370. The summed E-state index contributed by atoms with van der Waals surface area (Å²) in [6.45, 7) is 6.27. The van der Waals surface area contributed by atoms with Crippen molar-refractivity contribution in [1.82, 2.24) is 19.7 Å². The second-order valence-electron chi connectivity index (χ2n) is 11.3. The van der Waals surface area contributed by atoms with Crippen LogP contribution in [-0.4, -0.2) is 117 Å². The van der Waals surface area contributed by atoms with E-state index in [0.29, 0.717) is 62.8 Å². The largest absolute Gasteiger partial charge is 0.389 e. The molecule has 3 heterocycles. The van der Waals surface area contributed by atoms with Crippen LogP contribution in [0.2, 0.25) is 0 Å². The first-order valence-electron chi connectivity index (χ1n) is 14.2. The Kier molecular flexibility index (Phi) is 9.57. The summed E-state index contributed by atoms with van der Waals surface area (Å²) < 4.78 is 30.6. The molecule has 1 aliphatic carbocycles. The molecule has 2 amide bonds. The number of hydrogen-bond donors (Lipinski definition) is 1. The Hall–Kier alpha value is -2.91. The number of hydrogen-bond acceptors (Lipinski definition) is 11. The molecule has 228 valence electrons. The number of sulfone groups is 1. The number of ether oxygens (including phenoxy) is 1. The fourth-order valence-corrected chi connectivity index (χ4v) is 7.55. The zero-order valence-corrected chi connectivity index (χ0v) is 25.8. The number of carbonyl (C=O) groups is 2. The van der Waals surface area contributed by atoms with Crippen molar-refractivity contribution in [2.45, 2.75) is 55.0 Å². The molecule has 0 spiro atoms. The Morgan fingerprint density at radius 2 is 1.95 bits per heavy atom. The number of likely N-dealkylation sites (N-methyl/N-ethyl adjacent to an activating group) is 1. The average Bonchev–Trinajstić information content (AvgIpc) is 3.53. The van der Waals surface area contributed by atoms with Crippen molar-refractivity contribution in [3.8, 4) is 0 Å². The van der Waals surface area contributed by atoms with E-state index in [1.807, 2.05) is 23.9 Å². The molecule has 3 fully saturated rings. The molecule has 14 heteroatoms. The van der Waals surface area contributed by atoms with Crippen molar-refractivity contribution in [2.24, 2.45) is 5.16 Å². The first-order chi connectivity index (χ1) is 20.1. The molecule has 3 aliphatic rings. The molecule has 2 atom stereocenters. The maximum absolute atomic E-state index is 13.4. The van der Waals surface area contributed by atoms with Gasteiger partial charge in [0.1, 0.15) is 0 Å². The van der Waals surface area contributed by atoms with Crippen molar-refractivity contribution in [3.05, 3.63) is 40.9 Å². The number of oxime groups is 1. The molecular weight excluding hydrogens is 580 g/mol. The molecule has 2 aromatic rings. The van der Waals surface area contributed by atoms with E-state index < -0.39 is 15.7 Å². The van der Waals surface area contributed by atoms with Gasteiger partial charge in [-0.15, -0.1) is 11.3 Å². The molecule has 12 nitrogen and oxygen atoms in total. The van der Waals surface area contributed by atoms with Gasteiger partial charge in [0, 0.05) is 55.3 Å². The molecule has 1 aromatic carbocycles. The van der Waals surface area contributed by atoms with Crippen LogP contribution in [-0.2, 0) is 35.5 Å². The molecule has 0 unspecified atom stereocenters. The van der Waals surface area contributed by atoms with Crippen molar-refractivity contribution in [1.29, 1.82) is 0 Å². The zero-order chi connectivity index (χ0) is 29.9. The van der Waals surface area contributed by atoms with Gasteiger partial charge in [-0.1, -0.05) is 17.3 Å². The lowest BCUT2D eigenvalue weighted by molar-refractivity contribution is -0.136. The minimum Gasteiger partial charge on any atom is -0.389 e. The summed E-state index contributed by atoms with van der Waals surface area (Å²) in [5.41, 5.74) is 0.468. The van der Waals surface area contributed by atoms with E-state index >= 15 is 0 Å². The van der Waals surface area contributed by atoms with E-state index in [1.165, 1.54) is 23.5 Å². The first kappa shape index (κ1) is 30.5. The van der Waals surface area contributed by atoms with Crippen LogP contribution in [0.3, 0.4) is 0 Å². The summed E-state index contributed by atoms with van der Waals surface area (Å²) >= 11 is 1.38. The SMILES string of the molecule is C[C@H]1CN(Cc2cnc(NC(=O)C(=NO[C@@H]3CCOC3)c3ccc(S(=O)(=O)C4CC4)cc3)s2)CCN1C(=O)CN(C)C. The van der Waals surface area contributed by atoms with Gasteiger partial charge in [0.2, 0.25) is 5.91 Å². The third kappa shape index (κ3) is 7.53. The number of nitrogens with zero attached hydrogens (tertiary/aromatic N) is 5. The van der Waals surface area contributed by atoms with E-state index in [4.69, 9.17) is 9.57 Å². The lowest BCUT2D eigenvalue weighted by Crippen LogP contribution is -2.55. The number of amides is 2. The third-order valence-electron chi connectivity index (χ3n) is 7.45. The molecule has 1 aromatic heterocycles. The second kappa shape index (κ2) is 13.2. The van der Waals surface area contributed by atoms with E-state index in [1.54, 1.807) is 18.3 Å². The van der Waals surface area contributed by atoms with Gasteiger partial charge in [0.05, 0.1) is 29.9 Å². The molecule has 1 N–H and O–H groups in total. The Morgan fingerprint density at radius 1 is 1.19 bits per heavy atom. The van der Waals surface area contributed by atoms with Crippen LogP contribution in [0.4, 0.5) is 5.13 Å². The van der Waals surface area contributed by atoms with Crippen LogP contribution in [0.5, 0.6) is 0 Å². The number of anilines is 1. The highest BCUT2D eigenvalue weighted by atomic mass is 32.2. The second-order valence-corrected chi connectivity index (χ2v) is 14.6. The number of benzene rings is 1. The number of piperazine rings is 1. The van der Waals surface area contributed by atoms with Crippen LogP contribution in [0.15, 0.2) is 40.5 Å². The van der Waals surface area contributed by atoms with Crippen molar-refractivity contribution in [3.63, 3.8) is 0 Å². The highest BCUT2D eigenvalue weighted by molar-refractivity contribution is 7.92. The molecule has 0 bridgehead atoms. The summed E-state index contributed by atoms with van der Waals surface area (Å²) in [5, 5.41) is 7.10. The lowest BCUT2D eigenvalue weighted by Gasteiger charge is -2.40. The Bertz CT molecular complexity index is 1400. The minimum atomic E-state index is -3.35. The summed E-state index contributed by atoms with van der Waals surface area (Å²) in [7, 11) is 0.435. The van der Waals surface area contributed by atoms with Gasteiger partial charge in [0.15, 0.2) is 26.8 Å². The topological polar surface area (TPSA) is 134 Å². The predicted octanol–water partition coefficient (Wildman–Crippen LogP) is 1.82. The fraction of sp³-hybridized carbons (Fsp3) is 0.571. The number of carbonyl (C=O) groups excluding carboxylic acids is 2. The van der Waals surface area contributed by atoms with Gasteiger partial charge in [-0.05, 0) is 46.0 Å². The maximum Gasteiger partial charge on any atom is 0.280 e. The van der Waals surface area contributed by atoms with Crippen molar-refractivity contribution < 1.29 is 27.6 Å². The molecular formula is C28H38N6O6S2. The number of thiazole rings is 1. The quantitative estimate of drug-likeness (QED) is 0.296. The fourth-order valence-electron chi connectivity index (χ4n) is 5.05. The van der Waals surface area contributed by atoms with Gasteiger partial charge < -0.3 is 19.4 Å². The minimum absolute atomic E-state index is 0.0290. The summed E-state index contributed by atoms with van der Waals surface area (Å²) in [6.07, 6.45) is 3.52. The van der Waals surface area contributed by atoms with E-state index in [-0.39, 0.29) is 33.9 Å². The molecule has 5 rings (SSSR count). The lowest BCUT2D eigenvalue weighted by atomic mass is 10.1.